The molecule has 34 heavy (non-hydrogen) atoms. The third-order valence-electron chi connectivity index (χ3n) is 4.51. The van der Waals surface area contributed by atoms with Crippen LogP contribution >= 0.6 is 0 Å². The van der Waals surface area contributed by atoms with Crippen molar-refractivity contribution in [1.82, 2.24) is 0 Å². The van der Waals surface area contributed by atoms with Gasteiger partial charge in [0.1, 0.15) is 11.5 Å². The maximum atomic E-state index is 13.4. The van der Waals surface area contributed by atoms with E-state index in [0.717, 1.165) is 11.6 Å². The predicted molar refractivity (Wildman–Crippen MR) is 133 cm³/mol. The van der Waals surface area contributed by atoms with Crippen LogP contribution < -0.4 is 0 Å². The van der Waals surface area contributed by atoms with Gasteiger partial charge in [-0.3, -0.25) is 9.79 Å². The minimum absolute atomic E-state index is 0. The molecule has 1 aromatic carbocycles. The summed E-state index contributed by atoms with van der Waals surface area (Å²) >= 11 is 0. The monoisotopic (exact) mass is 477 g/mol. The van der Waals surface area contributed by atoms with Gasteiger partial charge in [0.15, 0.2) is 0 Å². The van der Waals surface area contributed by atoms with Crippen molar-refractivity contribution in [1.29, 1.82) is 0 Å². The first-order valence-electron chi connectivity index (χ1n) is 10.4. The molecule has 0 atom stereocenters. The van der Waals surface area contributed by atoms with Crippen molar-refractivity contribution in [2.45, 2.75) is 61.1 Å². The Bertz CT molecular complexity index is 1010. The molecule has 0 aliphatic carbocycles. The number of ketones is 1. The fourth-order valence-electron chi connectivity index (χ4n) is 2.87. The number of aliphatic imine (C=N–C) groups is 1. The van der Waals surface area contributed by atoms with E-state index in [1.165, 1.54) is 26.4 Å². The highest BCUT2D eigenvalue weighted by atomic mass is 19.4. The second-order valence-corrected chi connectivity index (χ2v) is 7.26. The van der Waals surface area contributed by atoms with Gasteiger partial charge in [-0.15, -0.1) is 0 Å². The molecule has 0 saturated heterocycles. The van der Waals surface area contributed by atoms with Crippen LogP contribution in [0.25, 0.3) is 5.57 Å². The number of alkyl halides is 3. The maximum absolute atomic E-state index is 13.4. The smallest absolute Gasteiger partial charge is 0.418 e. The lowest BCUT2D eigenvalue weighted by Gasteiger charge is -2.13. The highest BCUT2D eigenvalue weighted by Gasteiger charge is 2.35. The molecule has 1 N–H and O–H groups in total. The zero-order valence-corrected chi connectivity index (χ0v) is 19.5. The van der Waals surface area contributed by atoms with Gasteiger partial charge in [0.05, 0.1) is 23.8 Å². The minimum atomic E-state index is -4.56. The molecule has 7 heteroatoms. The predicted octanol–water partition coefficient (Wildman–Crippen LogP) is 8.29. The molecule has 0 bridgehead atoms. The summed E-state index contributed by atoms with van der Waals surface area (Å²) in [6.07, 6.45) is 1.70. The van der Waals surface area contributed by atoms with Crippen LogP contribution in [0.3, 0.4) is 0 Å². The summed E-state index contributed by atoms with van der Waals surface area (Å²) in [6.45, 7) is 7.64. The largest absolute Gasteiger partial charge is 0.511 e. The standard InChI is InChI=1S/C17H20F3NO2.C9H10O.CH4/c1-5-13(14-7-8-23-10-14)9-15(17(18,19)20)11(3)21-16(6-2)12(4)22;1-8(10)7-9-5-3-2-4-6-9;/h5,7-10,22H,6H2,1-4H3;2-6H,7H2,1H3;1H4/b13-5+,15-9+,16-12+,21-11+;;. The summed E-state index contributed by atoms with van der Waals surface area (Å²) in [5, 5.41) is 9.47. The number of aliphatic hydroxyl groups is 1. The van der Waals surface area contributed by atoms with Crippen molar-refractivity contribution in [2.75, 3.05) is 0 Å². The Kier molecular flexibility index (Phi) is 13.3. The van der Waals surface area contributed by atoms with Crippen LogP contribution in [-0.2, 0) is 11.2 Å². The van der Waals surface area contributed by atoms with Crippen LogP contribution in [0.1, 0.15) is 59.6 Å². The number of carbonyl (C=O) groups excluding carboxylic acids is 1. The quantitative estimate of drug-likeness (QED) is 0.248. The molecule has 0 saturated carbocycles. The fraction of sp³-hybridized carbons (Fsp3) is 0.333. The highest BCUT2D eigenvalue weighted by Crippen LogP contribution is 2.31. The Labute approximate surface area is 200 Å². The first kappa shape index (κ1) is 30.7. The number of furan rings is 1. The number of hydrogen-bond acceptors (Lipinski definition) is 4. The van der Waals surface area contributed by atoms with E-state index in [-0.39, 0.29) is 30.4 Å². The van der Waals surface area contributed by atoms with Crippen molar-refractivity contribution in [3.8, 4) is 0 Å². The molecule has 0 aliphatic rings. The third-order valence-corrected chi connectivity index (χ3v) is 4.51. The molecule has 0 aliphatic heterocycles. The molecule has 0 spiro atoms. The Balaban J connectivity index is 0.000000827. The fourth-order valence-corrected chi connectivity index (χ4v) is 2.87. The number of nitrogens with zero attached hydrogens (tertiary/aromatic N) is 1. The van der Waals surface area contributed by atoms with E-state index >= 15 is 0 Å². The molecule has 186 valence electrons. The Morgan fingerprint density at radius 2 is 1.74 bits per heavy atom. The van der Waals surface area contributed by atoms with Gasteiger partial charge >= 0.3 is 6.18 Å². The first-order chi connectivity index (χ1) is 15.5. The van der Waals surface area contributed by atoms with Crippen molar-refractivity contribution in [2.24, 2.45) is 4.99 Å². The molecule has 2 aromatic rings. The van der Waals surface area contributed by atoms with E-state index in [9.17, 15) is 23.1 Å². The summed E-state index contributed by atoms with van der Waals surface area (Å²) in [5.74, 6) is 0.126. The lowest BCUT2D eigenvalue weighted by Crippen LogP contribution is -2.19. The second kappa shape index (κ2) is 14.7. The van der Waals surface area contributed by atoms with Crippen molar-refractivity contribution < 1.29 is 27.5 Å². The number of aliphatic hydroxyl groups excluding tert-OH is 1. The van der Waals surface area contributed by atoms with Crippen LogP contribution in [0, 0.1) is 0 Å². The van der Waals surface area contributed by atoms with E-state index in [0.29, 0.717) is 24.0 Å². The molecule has 2 rings (SSSR count). The van der Waals surface area contributed by atoms with Crippen molar-refractivity contribution in [3.63, 3.8) is 0 Å². The average Bonchev–Trinajstić information content (AvgIpc) is 3.26. The van der Waals surface area contributed by atoms with Crippen LogP contribution in [0.4, 0.5) is 13.2 Å². The molecule has 0 radical (unpaired) electrons. The summed E-state index contributed by atoms with van der Waals surface area (Å²) in [4.78, 5) is 14.6. The van der Waals surface area contributed by atoms with Gasteiger partial charge in [-0.1, -0.05) is 50.8 Å². The van der Waals surface area contributed by atoms with Crippen LogP contribution in [0.2, 0.25) is 0 Å². The van der Waals surface area contributed by atoms with Gasteiger partial charge in [-0.25, -0.2) is 0 Å². The van der Waals surface area contributed by atoms with Crippen molar-refractivity contribution >= 4 is 17.1 Å². The lowest BCUT2D eigenvalue weighted by atomic mass is 10.0. The number of Topliss-reactive ketones (excluding diaryl/α,β-unsaturated/α-hetero) is 1. The normalized spacial score (nSPS) is 13.4. The molecule has 1 heterocycles. The molecule has 0 fully saturated rings. The number of halogens is 3. The van der Waals surface area contributed by atoms with Gasteiger partial charge < -0.3 is 9.52 Å². The van der Waals surface area contributed by atoms with E-state index < -0.39 is 11.7 Å². The molecule has 0 amide bonds. The molecule has 1 aromatic heterocycles. The van der Waals surface area contributed by atoms with E-state index in [4.69, 9.17) is 4.42 Å². The topological polar surface area (TPSA) is 62.8 Å². The van der Waals surface area contributed by atoms with Gasteiger partial charge in [-0.2, -0.15) is 13.2 Å². The molecular formula is C27H34F3NO3. The Hall–Kier alpha value is -3.35. The van der Waals surface area contributed by atoms with Crippen molar-refractivity contribution in [3.05, 3.63) is 89.2 Å². The van der Waals surface area contributed by atoms with E-state index in [1.54, 1.807) is 32.9 Å². The van der Waals surface area contributed by atoms with Crippen LogP contribution in [-0.4, -0.2) is 22.8 Å². The number of carbonyl (C=O) groups is 1. The summed E-state index contributed by atoms with van der Waals surface area (Å²) in [6, 6.07) is 11.3. The zero-order valence-electron chi connectivity index (χ0n) is 19.5. The zero-order chi connectivity index (χ0) is 25.0. The second-order valence-electron chi connectivity index (χ2n) is 7.26. The van der Waals surface area contributed by atoms with Gasteiger partial charge in [0.2, 0.25) is 0 Å². The molecular weight excluding hydrogens is 443 g/mol. The molecule has 4 nitrogen and oxygen atoms in total. The Morgan fingerprint density at radius 3 is 2.15 bits per heavy atom. The number of hydrogen-bond donors (Lipinski definition) is 1. The number of allylic oxidation sites excluding steroid dienone is 6. The maximum Gasteiger partial charge on any atom is 0.418 e. The molecule has 0 unspecified atom stereocenters. The van der Waals surface area contributed by atoms with Crippen LogP contribution in [0.5, 0.6) is 0 Å². The Morgan fingerprint density at radius 1 is 1.12 bits per heavy atom. The number of rotatable bonds is 7. The van der Waals surface area contributed by atoms with Crippen LogP contribution in [0.15, 0.2) is 87.5 Å². The third kappa shape index (κ3) is 10.5. The number of benzene rings is 1. The summed E-state index contributed by atoms with van der Waals surface area (Å²) in [5.41, 5.74) is 1.18. The van der Waals surface area contributed by atoms with E-state index in [2.05, 4.69) is 4.99 Å². The van der Waals surface area contributed by atoms with E-state index in [1.807, 2.05) is 30.3 Å². The van der Waals surface area contributed by atoms with Gasteiger partial charge in [0, 0.05) is 17.7 Å². The minimum Gasteiger partial charge on any atom is -0.511 e. The summed E-state index contributed by atoms with van der Waals surface area (Å²) < 4.78 is 45.1. The van der Waals surface area contributed by atoms with Gasteiger partial charge in [0.25, 0.3) is 0 Å². The van der Waals surface area contributed by atoms with Gasteiger partial charge in [-0.05, 0) is 57.4 Å². The lowest BCUT2D eigenvalue weighted by molar-refractivity contribution is -0.116. The SMILES string of the molecule is C.CC(=O)Cc1ccccc1.C\C=C(/C=C(\C(C)=N\C(CC)=C(/C)O)C(F)(F)F)c1ccoc1. The first-order valence-corrected chi connectivity index (χ1v) is 10.4. The average molecular weight is 478 g/mol. The summed E-state index contributed by atoms with van der Waals surface area (Å²) in [7, 11) is 0. The highest BCUT2D eigenvalue weighted by molar-refractivity contribution is 6.02.